The summed E-state index contributed by atoms with van der Waals surface area (Å²) >= 11 is 0. The number of carbonyl (C=O) groups is 6. The molecular formula is C33H40O14. The molecule has 0 heterocycles. The number of hydrogen-bond donors (Lipinski definition) is 2. The van der Waals surface area contributed by atoms with Crippen LogP contribution >= 0.6 is 0 Å². The van der Waals surface area contributed by atoms with Crippen LogP contribution < -0.4 is 9.47 Å². The topological polar surface area (TPSA) is 198 Å². The second kappa shape index (κ2) is 16.7. The van der Waals surface area contributed by atoms with Crippen molar-refractivity contribution in [3.05, 3.63) is 59.7 Å². The third-order valence-electron chi connectivity index (χ3n) is 6.77. The van der Waals surface area contributed by atoms with Gasteiger partial charge in [0.25, 0.3) is 0 Å². The minimum atomic E-state index is -1.42. The fourth-order valence-electron chi connectivity index (χ4n) is 3.72. The standard InChI is InChI=1S/C33H40O14/c1-17(34)27(36)42-19(3)29(38)44-21(5)31(40)46-25-13-9-23(10-14-25)33(7,8)24-11-15-26(16-12-24)47-32(41)22(6)45-30(39)20(4)43-28(37)18(2)35/h9-22,34-35H,1-8H3. The van der Waals surface area contributed by atoms with Crippen molar-refractivity contribution >= 4 is 35.8 Å². The zero-order valence-electron chi connectivity index (χ0n) is 27.4. The van der Waals surface area contributed by atoms with Crippen LogP contribution in [0, 0.1) is 0 Å². The molecule has 2 rings (SSSR count). The molecule has 0 radical (unpaired) electrons. The molecule has 47 heavy (non-hydrogen) atoms. The highest BCUT2D eigenvalue weighted by Gasteiger charge is 2.29. The monoisotopic (exact) mass is 660 g/mol. The second-order valence-electron chi connectivity index (χ2n) is 11.2. The van der Waals surface area contributed by atoms with Gasteiger partial charge in [-0.05, 0) is 76.9 Å². The van der Waals surface area contributed by atoms with Gasteiger partial charge in [-0.15, -0.1) is 0 Å². The molecule has 0 bridgehead atoms. The molecule has 2 aromatic rings. The molecule has 0 saturated heterocycles. The molecule has 14 heteroatoms. The summed E-state index contributed by atoms with van der Waals surface area (Å²) in [5.74, 6) is -5.32. The van der Waals surface area contributed by atoms with E-state index >= 15 is 0 Å². The second-order valence-corrected chi connectivity index (χ2v) is 11.2. The lowest BCUT2D eigenvalue weighted by molar-refractivity contribution is -0.177. The van der Waals surface area contributed by atoms with Crippen LogP contribution in [-0.2, 0) is 53.1 Å². The number of hydrogen-bond acceptors (Lipinski definition) is 14. The molecule has 0 aromatic heterocycles. The first-order valence-corrected chi connectivity index (χ1v) is 14.7. The Kier molecular flexibility index (Phi) is 13.6. The fraction of sp³-hybridized carbons (Fsp3) is 0.455. The summed E-state index contributed by atoms with van der Waals surface area (Å²) in [4.78, 5) is 72.1. The van der Waals surface area contributed by atoms with E-state index in [0.717, 1.165) is 11.1 Å². The van der Waals surface area contributed by atoms with Gasteiger partial charge < -0.3 is 38.6 Å². The lowest BCUT2D eigenvalue weighted by Gasteiger charge is -2.26. The molecule has 0 aliphatic rings. The Bertz CT molecular complexity index is 1320. The molecule has 0 amide bonds. The van der Waals surface area contributed by atoms with Crippen LogP contribution in [0.3, 0.4) is 0 Å². The summed E-state index contributed by atoms with van der Waals surface area (Å²) in [6, 6.07) is 13.3. The van der Waals surface area contributed by atoms with Gasteiger partial charge in [-0.3, -0.25) is 0 Å². The van der Waals surface area contributed by atoms with E-state index in [1.807, 2.05) is 13.8 Å². The van der Waals surface area contributed by atoms with E-state index in [1.165, 1.54) is 41.5 Å². The third kappa shape index (κ3) is 11.2. The molecule has 2 N–H and O–H groups in total. The normalized spacial score (nSPS) is 15.0. The van der Waals surface area contributed by atoms with Gasteiger partial charge in [0.1, 0.15) is 23.7 Å². The highest BCUT2D eigenvalue weighted by molar-refractivity contribution is 5.85. The third-order valence-corrected chi connectivity index (χ3v) is 6.77. The minimum Gasteiger partial charge on any atom is -0.449 e. The number of aliphatic hydroxyl groups is 2. The van der Waals surface area contributed by atoms with Gasteiger partial charge in [0, 0.05) is 5.41 Å². The van der Waals surface area contributed by atoms with Crippen molar-refractivity contribution in [3.8, 4) is 11.5 Å². The number of benzene rings is 2. The Hall–Kier alpha value is -4.82. The van der Waals surface area contributed by atoms with E-state index in [0.29, 0.717) is 0 Å². The maximum atomic E-state index is 12.5. The van der Waals surface area contributed by atoms with E-state index in [9.17, 15) is 39.0 Å². The predicted molar refractivity (Wildman–Crippen MR) is 162 cm³/mol. The Morgan fingerprint density at radius 3 is 1.00 bits per heavy atom. The van der Waals surface area contributed by atoms with E-state index in [1.54, 1.807) is 48.5 Å². The zero-order valence-corrected chi connectivity index (χ0v) is 27.4. The number of aliphatic hydroxyl groups excluding tert-OH is 2. The maximum absolute atomic E-state index is 12.5. The first-order valence-electron chi connectivity index (χ1n) is 14.7. The Labute approximate surface area is 271 Å². The van der Waals surface area contributed by atoms with Gasteiger partial charge in [0.15, 0.2) is 24.4 Å². The molecule has 0 aliphatic carbocycles. The number of ether oxygens (including phenoxy) is 6. The summed E-state index contributed by atoms with van der Waals surface area (Å²) in [5, 5.41) is 18.4. The molecule has 0 fully saturated rings. The Morgan fingerprint density at radius 2 is 0.723 bits per heavy atom. The minimum absolute atomic E-state index is 0.193. The molecule has 2 aromatic carbocycles. The molecular weight excluding hydrogens is 620 g/mol. The molecule has 0 saturated carbocycles. The number of esters is 6. The molecule has 14 nitrogen and oxygen atoms in total. The molecule has 6 unspecified atom stereocenters. The van der Waals surface area contributed by atoms with Crippen molar-refractivity contribution in [3.63, 3.8) is 0 Å². The SMILES string of the molecule is CC(O)C(=O)OC(C)C(=O)OC(C)C(=O)Oc1ccc(C(C)(C)c2ccc(OC(=O)C(C)OC(=O)C(C)OC(=O)C(C)O)cc2)cc1. The fourth-order valence-corrected chi connectivity index (χ4v) is 3.72. The summed E-state index contributed by atoms with van der Waals surface area (Å²) < 4.78 is 30.1. The van der Waals surface area contributed by atoms with Crippen molar-refractivity contribution in [2.75, 3.05) is 0 Å². The van der Waals surface area contributed by atoms with Crippen molar-refractivity contribution < 1.29 is 67.4 Å². The largest absolute Gasteiger partial charge is 0.449 e. The van der Waals surface area contributed by atoms with Gasteiger partial charge >= 0.3 is 35.8 Å². The lowest BCUT2D eigenvalue weighted by atomic mass is 9.78. The van der Waals surface area contributed by atoms with Crippen LogP contribution in [0.15, 0.2) is 48.5 Å². The van der Waals surface area contributed by atoms with Crippen molar-refractivity contribution in [2.45, 2.75) is 97.4 Å². The molecule has 6 atom stereocenters. The highest BCUT2D eigenvalue weighted by atomic mass is 16.6. The van der Waals surface area contributed by atoms with Crippen LogP contribution in [0.4, 0.5) is 0 Å². The van der Waals surface area contributed by atoms with Crippen molar-refractivity contribution in [1.82, 2.24) is 0 Å². The number of rotatable bonds is 14. The zero-order chi connectivity index (χ0) is 35.6. The van der Waals surface area contributed by atoms with Crippen LogP contribution in [0.5, 0.6) is 11.5 Å². The first-order chi connectivity index (χ1) is 21.8. The lowest BCUT2D eigenvalue weighted by Crippen LogP contribution is -2.35. The predicted octanol–water partition coefficient (Wildman–Crippen LogP) is 2.31. The van der Waals surface area contributed by atoms with Gasteiger partial charge in [-0.2, -0.15) is 0 Å². The molecule has 256 valence electrons. The molecule has 0 aliphatic heterocycles. The maximum Gasteiger partial charge on any atom is 0.352 e. The smallest absolute Gasteiger partial charge is 0.352 e. The highest BCUT2D eigenvalue weighted by Crippen LogP contribution is 2.33. The van der Waals surface area contributed by atoms with Gasteiger partial charge in [-0.25, -0.2) is 28.8 Å². The van der Waals surface area contributed by atoms with E-state index < -0.39 is 77.9 Å². The summed E-state index contributed by atoms with van der Waals surface area (Å²) in [6.45, 7) is 11.4. The van der Waals surface area contributed by atoms with Gasteiger partial charge in [-0.1, -0.05) is 38.1 Å². The van der Waals surface area contributed by atoms with Gasteiger partial charge in [0.05, 0.1) is 0 Å². The Morgan fingerprint density at radius 1 is 0.468 bits per heavy atom. The first kappa shape index (κ1) is 38.4. The average Bonchev–Trinajstić information content (AvgIpc) is 3.01. The number of carbonyl (C=O) groups excluding carboxylic acids is 6. The van der Waals surface area contributed by atoms with Crippen LogP contribution in [-0.4, -0.2) is 82.7 Å². The van der Waals surface area contributed by atoms with Gasteiger partial charge in [0.2, 0.25) is 0 Å². The quantitative estimate of drug-likeness (QED) is 0.170. The Balaban J connectivity index is 1.96. The van der Waals surface area contributed by atoms with Crippen molar-refractivity contribution in [1.29, 1.82) is 0 Å². The van der Waals surface area contributed by atoms with E-state index in [-0.39, 0.29) is 11.5 Å². The van der Waals surface area contributed by atoms with E-state index in [4.69, 9.17) is 28.4 Å². The van der Waals surface area contributed by atoms with Crippen LogP contribution in [0.1, 0.15) is 66.5 Å². The van der Waals surface area contributed by atoms with Crippen LogP contribution in [0.25, 0.3) is 0 Å². The summed E-state index contributed by atoms with van der Waals surface area (Å²) in [7, 11) is 0. The molecule has 0 spiro atoms. The summed E-state index contributed by atoms with van der Waals surface area (Å²) in [5.41, 5.74) is 1.15. The summed E-state index contributed by atoms with van der Waals surface area (Å²) in [6.07, 6.45) is -8.14. The average molecular weight is 661 g/mol. The van der Waals surface area contributed by atoms with E-state index in [2.05, 4.69) is 0 Å². The van der Waals surface area contributed by atoms with Crippen molar-refractivity contribution in [2.24, 2.45) is 0 Å². The van der Waals surface area contributed by atoms with Crippen LogP contribution in [0.2, 0.25) is 0 Å².